The molecule has 2 saturated heterocycles. The number of piperidine rings is 1. The maximum Gasteiger partial charge on any atom is 0.257 e. The van der Waals surface area contributed by atoms with Gasteiger partial charge in [-0.3, -0.25) is 9.97 Å². The summed E-state index contributed by atoms with van der Waals surface area (Å²) in [5.74, 6) is 2.05. The molecule has 0 radical (unpaired) electrons. The summed E-state index contributed by atoms with van der Waals surface area (Å²) in [5.41, 5.74) is 6.71. The van der Waals surface area contributed by atoms with Gasteiger partial charge in [0.1, 0.15) is 5.52 Å². The van der Waals surface area contributed by atoms with Crippen LogP contribution in [-0.4, -0.2) is 72.3 Å². The maximum atomic E-state index is 6.23. The Hall–Kier alpha value is -3.13. The topological polar surface area (TPSA) is 75.6 Å². The smallest absolute Gasteiger partial charge is 0.257 e. The second kappa shape index (κ2) is 11.9. The number of fused-ring (bicyclic) bond motifs is 2. The Kier molecular flexibility index (Phi) is 8.00. The molecule has 1 aliphatic carbocycles. The van der Waals surface area contributed by atoms with Gasteiger partial charge < -0.3 is 24.6 Å². The van der Waals surface area contributed by atoms with Crippen molar-refractivity contribution < 1.29 is 9.47 Å². The molecular weight excluding hydrogens is 488 g/mol. The largest absolute Gasteiger partial charge is 0.488 e. The molecule has 8 heteroatoms. The number of ether oxygens (including phenoxy) is 2. The van der Waals surface area contributed by atoms with E-state index in [-0.39, 0.29) is 0 Å². The van der Waals surface area contributed by atoms with Crippen molar-refractivity contribution in [1.29, 1.82) is 0 Å². The molecule has 1 N–H and O–H groups in total. The second-order valence-corrected chi connectivity index (χ2v) is 11.5. The summed E-state index contributed by atoms with van der Waals surface area (Å²) in [5, 5.41) is 3.94. The highest BCUT2D eigenvalue weighted by Crippen LogP contribution is 2.38. The van der Waals surface area contributed by atoms with E-state index in [1.807, 2.05) is 24.5 Å². The van der Waals surface area contributed by atoms with E-state index in [9.17, 15) is 0 Å². The number of anilines is 2. The van der Waals surface area contributed by atoms with Crippen molar-refractivity contribution in [3.8, 4) is 11.6 Å². The fraction of sp³-hybridized carbons (Fsp3) is 0.581. The third kappa shape index (κ3) is 5.91. The maximum absolute atomic E-state index is 6.23. The zero-order chi connectivity index (χ0) is 26.6. The predicted octanol–water partition coefficient (Wildman–Crippen LogP) is 5.10. The zero-order valence-electron chi connectivity index (χ0n) is 23.5. The molecule has 5 heterocycles. The van der Waals surface area contributed by atoms with Crippen LogP contribution in [0, 0.1) is 5.92 Å². The van der Waals surface area contributed by atoms with Gasteiger partial charge in [0.2, 0.25) is 0 Å². The number of rotatable bonds is 9. The molecule has 8 nitrogen and oxygen atoms in total. The number of aryl methyl sites for hydroxylation is 1. The van der Waals surface area contributed by atoms with Crippen LogP contribution < -0.4 is 19.7 Å². The number of hydrogen-bond donors (Lipinski definition) is 1. The molecule has 6 rings (SSSR count). The van der Waals surface area contributed by atoms with E-state index in [2.05, 4.69) is 33.1 Å². The first-order valence-corrected chi connectivity index (χ1v) is 14.8. The molecule has 1 atom stereocenters. The fourth-order valence-electron chi connectivity index (χ4n) is 6.44. The fourth-order valence-corrected chi connectivity index (χ4v) is 6.44. The summed E-state index contributed by atoms with van der Waals surface area (Å²) in [6.45, 7) is 8.50. The van der Waals surface area contributed by atoms with E-state index < -0.39 is 0 Å². The standard InChI is InChI=1S/C31H42N6O2/c1-22-10-15-36(21-22)14-6-18-39-28-19-27-30(35-31(28)38-2)29(25-8-3-4-9-26(25)34-27)33-23-11-16-37(17-12-23)24-7-5-13-32-20-24/h5,7,13,19-20,22-23H,3-4,6,8-12,14-18,21H2,1-2H3,(H,33,34). The molecule has 0 aromatic carbocycles. The van der Waals surface area contributed by atoms with E-state index in [0.29, 0.717) is 24.3 Å². The van der Waals surface area contributed by atoms with E-state index in [1.54, 1.807) is 7.11 Å². The highest BCUT2D eigenvalue weighted by atomic mass is 16.5. The minimum Gasteiger partial charge on any atom is -0.488 e. The Bertz CT molecular complexity index is 1260. The van der Waals surface area contributed by atoms with Gasteiger partial charge in [-0.05, 0) is 81.5 Å². The first-order chi connectivity index (χ1) is 19.2. The summed E-state index contributed by atoms with van der Waals surface area (Å²) in [6, 6.07) is 6.60. The van der Waals surface area contributed by atoms with Gasteiger partial charge in [-0.2, -0.15) is 0 Å². The van der Waals surface area contributed by atoms with Gasteiger partial charge in [-0.15, -0.1) is 0 Å². The van der Waals surface area contributed by atoms with Crippen LogP contribution in [0.5, 0.6) is 11.6 Å². The highest BCUT2D eigenvalue weighted by Gasteiger charge is 2.26. The minimum atomic E-state index is 0.395. The third-order valence-electron chi connectivity index (χ3n) is 8.60. The quantitative estimate of drug-likeness (QED) is 0.383. The molecule has 0 bridgehead atoms. The molecule has 3 aromatic heterocycles. The minimum absolute atomic E-state index is 0.395. The SMILES string of the molecule is COc1nc2c(NC3CCN(c4cccnc4)CC3)c3c(nc2cc1OCCCN1CCC(C)C1)CCCC3. The van der Waals surface area contributed by atoms with Crippen LogP contribution in [0.4, 0.5) is 11.4 Å². The van der Waals surface area contributed by atoms with Crippen molar-refractivity contribution in [2.24, 2.45) is 5.92 Å². The van der Waals surface area contributed by atoms with Gasteiger partial charge in [0.15, 0.2) is 5.75 Å². The number of methoxy groups -OCH3 is 1. The van der Waals surface area contributed by atoms with E-state index >= 15 is 0 Å². The van der Waals surface area contributed by atoms with Crippen LogP contribution in [0.2, 0.25) is 0 Å². The second-order valence-electron chi connectivity index (χ2n) is 11.5. The van der Waals surface area contributed by atoms with Crippen molar-refractivity contribution in [3.05, 3.63) is 41.9 Å². The summed E-state index contributed by atoms with van der Waals surface area (Å²) in [7, 11) is 1.68. The average molecular weight is 531 g/mol. The molecule has 0 spiro atoms. The Balaban J connectivity index is 1.20. The number of nitrogens with one attached hydrogen (secondary N) is 1. The molecule has 0 amide bonds. The van der Waals surface area contributed by atoms with Crippen molar-refractivity contribution in [3.63, 3.8) is 0 Å². The van der Waals surface area contributed by atoms with Crippen molar-refractivity contribution in [2.45, 2.75) is 64.3 Å². The molecule has 3 aromatic rings. The van der Waals surface area contributed by atoms with Gasteiger partial charge in [0, 0.05) is 50.2 Å². The van der Waals surface area contributed by atoms with Crippen LogP contribution in [0.25, 0.3) is 11.0 Å². The first-order valence-electron chi connectivity index (χ1n) is 14.8. The van der Waals surface area contributed by atoms with Crippen LogP contribution >= 0.6 is 0 Å². The van der Waals surface area contributed by atoms with E-state index in [4.69, 9.17) is 19.4 Å². The number of nitrogens with zero attached hydrogens (tertiary/aromatic N) is 5. The summed E-state index contributed by atoms with van der Waals surface area (Å²) >= 11 is 0. The van der Waals surface area contributed by atoms with Crippen LogP contribution in [0.3, 0.4) is 0 Å². The van der Waals surface area contributed by atoms with Crippen molar-refractivity contribution in [1.82, 2.24) is 19.9 Å². The van der Waals surface area contributed by atoms with Crippen molar-refractivity contribution in [2.75, 3.05) is 56.7 Å². The summed E-state index contributed by atoms with van der Waals surface area (Å²) in [6.07, 6.45) is 12.7. The van der Waals surface area contributed by atoms with Gasteiger partial charge >= 0.3 is 0 Å². The molecule has 3 aliphatic rings. The monoisotopic (exact) mass is 530 g/mol. The van der Waals surface area contributed by atoms with Gasteiger partial charge in [-0.1, -0.05) is 6.92 Å². The highest BCUT2D eigenvalue weighted by molar-refractivity contribution is 5.91. The summed E-state index contributed by atoms with van der Waals surface area (Å²) in [4.78, 5) is 19.4. The molecule has 0 saturated carbocycles. The van der Waals surface area contributed by atoms with Gasteiger partial charge in [-0.25, -0.2) is 4.98 Å². The Morgan fingerprint density at radius 3 is 2.72 bits per heavy atom. The summed E-state index contributed by atoms with van der Waals surface area (Å²) < 4.78 is 12.0. The molecule has 208 valence electrons. The van der Waals surface area contributed by atoms with Crippen LogP contribution in [0.15, 0.2) is 30.6 Å². The van der Waals surface area contributed by atoms with Crippen molar-refractivity contribution >= 4 is 22.4 Å². The molecule has 2 fully saturated rings. The zero-order valence-corrected chi connectivity index (χ0v) is 23.5. The molecule has 1 unspecified atom stereocenters. The normalized spacial score (nSPS) is 20.3. The lowest BCUT2D eigenvalue weighted by atomic mass is 9.93. The van der Waals surface area contributed by atoms with E-state index in [1.165, 1.54) is 49.3 Å². The van der Waals surface area contributed by atoms with Gasteiger partial charge in [0.05, 0.1) is 36.8 Å². The van der Waals surface area contributed by atoms with E-state index in [0.717, 1.165) is 74.4 Å². The Morgan fingerprint density at radius 2 is 1.95 bits per heavy atom. The number of pyridine rings is 3. The first kappa shape index (κ1) is 26.1. The third-order valence-corrected chi connectivity index (χ3v) is 8.60. The molecule has 39 heavy (non-hydrogen) atoms. The number of aromatic nitrogens is 3. The molecule has 2 aliphatic heterocycles. The predicted molar refractivity (Wildman–Crippen MR) is 156 cm³/mol. The lowest BCUT2D eigenvalue weighted by Crippen LogP contribution is -2.39. The number of hydrogen-bond acceptors (Lipinski definition) is 8. The Labute approximate surface area is 232 Å². The van der Waals surface area contributed by atoms with Crippen LogP contribution in [-0.2, 0) is 12.8 Å². The lowest BCUT2D eigenvalue weighted by Gasteiger charge is -2.35. The molecular formula is C31H42N6O2. The Morgan fingerprint density at radius 1 is 1.08 bits per heavy atom. The average Bonchev–Trinajstić information content (AvgIpc) is 3.40. The number of likely N-dealkylation sites (tertiary alicyclic amines) is 1. The lowest BCUT2D eigenvalue weighted by molar-refractivity contribution is 0.249. The van der Waals surface area contributed by atoms with Crippen LogP contribution in [0.1, 0.15) is 56.7 Å². The van der Waals surface area contributed by atoms with Gasteiger partial charge in [0.25, 0.3) is 5.88 Å².